The summed E-state index contributed by atoms with van der Waals surface area (Å²) in [5.74, 6) is 0.268. The van der Waals surface area contributed by atoms with Gasteiger partial charge in [-0.1, -0.05) is 62.9 Å². The Bertz CT molecular complexity index is 912. The van der Waals surface area contributed by atoms with E-state index >= 15 is 0 Å². The fourth-order valence-corrected chi connectivity index (χ4v) is 4.23. The molecule has 3 rings (SSSR count). The van der Waals surface area contributed by atoms with E-state index in [9.17, 15) is 4.79 Å². The summed E-state index contributed by atoms with van der Waals surface area (Å²) in [6.45, 7) is 7.38. The van der Waals surface area contributed by atoms with Crippen LogP contribution in [0.3, 0.4) is 0 Å². The van der Waals surface area contributed by atoms with Crippen LogP contribution in [0.1, 0.15) is 62.5 Å². The molecule has 1 heterocycles. The standard InChI is InChI=1S/C21H27Cl2N3O/c1-21(2,3)17-12-18(26(25(17)4)13-14-8-5-6-9-14)24-20(27)15-10-7-11-16(22)19(15)23/h7,10-12,14H,5-6,8-9,13H2,1-4H3/b24-18+. The predicted molar refractivity (Wildman–Crippen MR) is 110 cm³/mol. The topological polar surface area (TPSA) is 39.3 Å². The van der Waals surface area contributed by atoms with Crippen molar-refractivity contribution in [3.05, 3.63) is 51.1 Å². The van der Waals surface area contributed by atoms with Crippen molar-refractivity contribution in [3.8, 4) is 0 Å². The average molecular weight is 408 g/mol. The lowest BCUT2D eigenvalue weighted by molar-refractivity contribution is 0.0996. The van der Waals surface area contributed by atoms with Gasteiger partial charge in [0.2, 0.25) is 0 Å². The number of hydrogen-bond donors (Lipinski definition) is 0. The second-order valence-electron chi connectivity index (χ2n) is 8.41. The molecule has 146 valence electrons. The maximum absolute atomic E-state index is 12.8. The van der Waals surface area contributed by atoms with Crippen LogP contribution in [0.25, 0.3) is 0 Å². The first-order chi connectivity index (χ1) is 12.7. The highest BCUT2D eigenvalue weighted by Crippen LogP contribution is 2.28. The zero-order chi connectivity index (χ0) is 19.8. The number of aromatic nitrogens is 2. The van der Waals surface area contributed by atoms with E-state index in [0.717, 1.165) is 12.2 Å². The molecule has 0 radical (unpaired) electrons. The summed E-state index contributed by atoms with van der Waals surface area (Å²) < 4.78 is 4.27. The molecule has 0 bridgehead atoms. The van der Waals surface area contributed by atoms with Gasteiger partial charge in [-0.2, -0.15) is 4.99 Å². The Labute approximate surface area is 170 Å². The predicted octanol–water partition coefficient (Wildman–Crippen LogP) is 5.36. The highest BCUT2D eigenvalue weighted by molar-refractivity contribution is 6.43. The molecule has 6 heteroatoms. The van der Waals surface area contributed by atoms with Gasteiger partial charge in [0, 0.05) is 30.8 Å². The summed E-state index contributed by atoms with van der Waals surface area (Å²) >= 11 is 12.3. The fourth-order valence-electron chi connectivity index (χ4n) is 3.85. The quantitative estimate of drug-likeness (QED) is 0.674. The Hall–Kier alpha value is -1.52. The summed E-state index contributed by atoms with van der Waals surface area (Å²) in [6, 6.07) is 7.07. The lowest BCUT2D eigenvalue weighted by Crippen LogP contribution is -2.28. The Morgan fingerprint density at radius 2 is 1.89 bits per heavy atom. The lowest BCUT2D eigenvalue weighted by Gasteiger charge is -2.21. The number of carbonyl (C=O) groups is 1. The third kappa shape index (κ3) is 4.33. The van der Waals surface area contributed by atoms with Crippen LogP contribution in [0.2, 0.25) is 10.0 Å². The van der Waals surface area contributed by atoms with Gasteiger partial charge in [0.25, 0.3) is 5.91 Å². The molecule has 1 amide bonds. The van der Waals surface area contributed by atoms with Crippen molar-refractivity contribution in [3.63, 3.8) is 0 Å². The lowest BCUT2D eigenvalue weighted by atomic mass is 9.92. The Morgan fingerprint density at radius 3 is 2.52 bits per heavy atom. The largest absolute Gasteiger partial charge is 0.291 e. The van der Waals surface area contributed by atoms with Crippen LogP contribution < -0.4 is 5.49 Å². The second-order valence-corrected chi connectivity index (χ2v) is 9.20. The minimum Gasteiger partial charge on any atom is -0.291 e. The Kier molecular flexibility index (Phi) is 5.87. The number of carbonyl (C=O) groups excluding carboxylic acids is 1. The number of halogens is 2. The van der Waals surface area contributed by atoms with Gasteiger partial charge in [-0.05, 0) is 30.9 Å². The smallest absolute Gasteiger partial charge is 0.280 e. The average Bonchev–Trinajstić information content (AvgIpc) is 3.20. The van der Waals surface area contributed by atoms with Gasteiger partial charge >= 0.3 is 0 Å². The van der Waals surface area contributed by atoms with E-state index in [1.54, 1.807) is 18.2 Å². The molecular formula is C21H27Cl2N3O. The van der Waals surface area contributed by atoms with E-state index in [4.69, 9.17) is 23.2 Å². The molecule has 1 saturated carbocycles. The van der Waals surface area contributed by atoms with Crippen molar-refractivity contribution in [2.24, 2.45) is 18.0 Å². The minimum absolute atomic E-state index is 0.0449. The van der Waals surface area contributed by atoms with Gasteiger partial charge in [-0.25, -0.2) is 0 Å². The van der Waals surface area contributed by atoms with Gasteiger partial charge < -0.3 is 0 Å². The Balaban J connectivity index is 2.08. The summed E-state index contributed by atoms with van der Waals surface area (Å²) in [6.07, 6.45) is 5.03. The molecule has 0 atom stereocenters. The zero-order valence-corrected chi connectivity index (χ0v) is 17.9. The maximum Gasteiger partial charge on any atom is 0.280 e. The number of rotatable bonds is 3. The third-order valence-corrected chi connectivity index (χ3v) is 6.13. The van der Waals surface area contributed by atoms with E-state index in [0.29, 0.717) is 22.0 Å². The molecule has 4 nitrogen and oxygen atoms in total. The van der Waals surface area contributed by atoms with Gasteiger partial charge in [-0.15, -0.1) is 0 Å². The summed E-state index contributed by atoms with van der Waals surface area (Å²) in [5.41, 5.74) is 2.11. The number of nitrogens with zero attached hydrogens (tertiary/aromatic N) is 3. The van der Waals surface area contributed by atoms with E-state index in [1.807, 2.05) is 13.1 Å². The summed E-state index contributed by atoms with van der Waals surface area (Å²) in [5, 5.41) is 0.613. The molecule has 0 unspecified atom stereocenters. The van der Waals surface area contributed by atoms with Crippen molar-refractivity contribution < 1.29 is 4.79 Å². The second kappa shape index (κ2) is 7.84. The molecule has 0 N–H and O–H groups in total. The first-order valence-electron chi connectivity index (χ1n) is 9.49. The van der Waals surface area contributed by atoms with Crippen LogP contribution in [-0.2, 0) is 19.0 Å². The summed E-state index contributed by atoms with van der Waals surface area (Å²) in [4.78, 5) is 17.2. The van der Waals surface area contributed by atoms with E-state index in [2.05, 4.69) is 35.1 Å². The number of benzene rings is 1. The van der Waals surface area contributed by atoms with Crippen LogP contribution in [-0.4, -0.2) is 15.3 Å². The van der Waals surface area contributed by atoms with E-state index in [1.165, 1.54) is 25.7 Å². The molecule has 0 aliphatic heterocycles. The summed E-state index contributed by atoms with van der Waals surface area (Å²) in [7, 11) is 2.05. The molecule has 1 aliphatic rings. The Morgan fingerprint density at radius 1 is 1.22 bits per heavy atom. The van der Waals surface area contributed by atoms with Gasteiger partial charge in [0.1, 0.15) is 0 Å². The van der Waals surface area contributed by atoms with E-state index in [-0.39, 0.29) is 16.3 Å². The van der Waals surface area contributed by atoms with Crippen molar-refractivity contribution in [1.29, 1.82) is 0 Å². The maximum atomic E-state index is 12.8. The van der Waals surface area contributed by atoms with Crippen LogP contribution in [0, 0.1) is 5.92 Å². The molecule has 1 fully saturated rings. The molecule has 1 aromatic heterocycles. The molecule has 0 spiro atoms. The number of amides is 1. The van der Waals surface area contributed by atoms with Crippen molar-refractivity contribution in [2.75, 3.05) is 0 Å². The van der Waals surface area contributed by atoms with Gasteiger partial charge in [0.15, 0.2) is 5.49 Å². The van der Waals surface area contributed by atoms with Crippen LogP contribution in [0.4, 0.5) is 0 Å². The first-order valence-corrected chi connectivity index (χ1v) is 10.2. The van der Waals surface area contributed by atoms with Crippen molar-refractivity contribution in [1.82, 2.24) is 9.36 Å². The van der Waals surface area contributed by atoms with Crippen molar-refractivity contribution in [2.45, 2.75) is 58.4 Å². The normalized spacial score (nSPS) is 16.3. The van der Waals surface area contributed by atoms with Crippen LogP contribution >= 0.6 is 23.2 Å². The van der Waals surface area contributed by atoms with Crippen molar-refractivity contribution >= 4 is 29.1 Å². The molecule has 1 aliphatic carbocycles. The van der Waals surface area contributed by atoms with Crippen LogP contribution in [0.5, 0.6) is 0 Å². The van der Waals surface area contributed by atoms with Gasteiger partial charge in [0.05, 0.1) is 15.6 Å². The van der Waals surface area contributed by atoms with Crippen LogP contribution in [0.15, 0.2) is 29.3 Å². The molecule has 1 aromatic carbocycles. The highest BCUT2D eigenvalue weighted by Gasteiger charge is 2.23. The number of hydrogen-bond acceptors (Lipinski definition) is 1. The minimum atomic E-state index is -0.367. The molecule has 2 aromatic rings. The molecule has 0 saturated heterocycles. The highest BCUT2D eigenvalue weighted by atomic mass is 35.5. The van der Waals surface area contributed by atoms with Gasteiger partial charge in [-0.3, -0.25) is 14.2 Å². The molecular weight excluding hydrogens is 381 g/mol. The monoisotopic (exact) mass is 407 g/mol. The SMILES string of the molecule is Cn1c(C(C)(C)C)c/c(=N\C(=O)c2cccc(Cl)c2Cl)n1CC1CCCC1. The zero-order valence-electron chi connectivity index (χ0n) is 16.4. The van der Waals surface area contributed by atoms with E-state index < -0.39 is 0 Å². The third-order valence-electron chi connectivity index (χ3n) is 5.31. The first kappa shape index (κ1) is 20.2. The molecule has 27 heavy (non-hydrogen) atoms. The fraction of sp³-hybridized carbons (Fsp3) is 0.524.